The Hall–Kier alpha value is -4.17. The fourth-order valence-electron chi connectivity index (χ4n) is 3.50. The summed E-state index contributed by atoms with van der Waals surface area (Å²) in [6.07, 6.45) is 1.35. The third-order valence-corrected chi connectivity index (χ3v) is 5.95. The van der Waals surface area contributed by atoms with E-state index in [1.54, 1.807) is 18.2 Å². The molecule has 9 heteroatoms. The molecule has 0 atom stereocenters. The monoisotopic (exact) mass is 534 g/mol. The molecule has 3 rings (SSSR count). The predicted molar refractivity (Wildman–Crippen MR) is 150 cm³/mol. The van der Waals surface area contributed by atoms with Crippen molar-refractivity contribution in [2.45, 2.75) is 40.2 Å². The summed E-state index contributed by atoms with van der Waals surface area (Å²) in [4.78, 5) is 36.3. The zero-order valence-corrected chi connectivity index (χ0v) is 22.6. The van der Waals surface area contributed by atoms with Crippen LogP contribution in [0.25, 0.3) is 0 Å². The fraction of sp³-hybridized carbons (Fsp3) is 0.241. The Kier molecular flexibility index (Phi) is 10.0. The lowest BCUT2D eigenvalue weighted by atomic mass is 10.0. The standard InChI is InChI=1S/C29H31ClN4O4/c1-18(2)23-9-6-21(7-10-23)15-31-28(36)29(37)34-32-16-22-8-12-26(24(30)14-22)38-17-27(35)33-25-11-5-19(3)13-20(25)4/h5-14,16,18H,15,17H2,1-4H3,(H,31,36)(H,33,35)(H,34,37)/b32-16-. The SMILES string of the molecule is Cc1ccc(NC(=O)COc2ccc(/C=N\NC(=O)C(=O)NCc3ccc(C(C)C)cc3)cc2Cl)c(C)c1. The first-order chi connectivity index (χ1) is 18.1. The van der Waals surface area contributed by atoms with E-state index >= 15 is 0 Å². The lowest BCUT2D eigenvalue weighted by Gasteiger charge is -2.11. The van der Waals surface area contributed by atoms with Gasteiger partial charge in [-0.05, 0) is 66.3 Å². The second-order valence-corrected chi connectivity index (χ2v) is 9.53. The first kappa shape index (κ1) is 28.4. The number of aryl methyl sites for hydroxylation is 2. The number of anilines is 1. The molecule has 0 saturated heterocycles. The Labute approximate surface area is 227 Å². The molecule has 0 heterocycles. The summed E-state index contributed by atoms with van der Waals surface area (Å²) >= 11 is 6.26. The van der Waals surface area contributed by atoms with Crippen LogP contribution in [-0.2, 0) is 20.9 Å². The zero-order chi connectivity index (χ0) is 27.7. The Balaban J connectivity index is 1.44. The number of carbonyl (C=O) groups is 3. The van der Waals surface area contributed by atoms with E-state index in [1.807, 2.05) is 56.3 Å². The molecule has 8 nitrogen and oxygen atoms in total. The van der Waals surface area contributed by atoms with Crippen LogP contribution in [-0.4, -0.2) is 30.5 Å². The van der Waals surface area contributed by atoms with E-state index in [-0.39, 0.29) is 24.1 Å². The normalized spacial score (nSPS) is 10.9. The molecule has 0 aliphatic rings. The van der Waals surface area contributed by atoms with Crippen LogP contribution in [0.15, 0.2) is 65.8 Å². The van der Waals surface area contributed by atoms with Crippen LogP contribution < -0.4 is 20.8 Å². The van der Waals surface area contributed by atoms with E-state index < -0.39 is 11.8 Å². The van der Waals surface area contributed by atoms with E-state index in [0.29, 0.717) is 17.2 Å². The minimum Gasteiger partial charge on any atom is -0.482 e. The average Bonchev–Trinajstić information content (AvgIpc) is 2.88. The molecule has 3 N–H and O–H groups in total. The fourth-order valence-corrected chi connectivity index (χ4v) is 3.74. The van der Waals surface area contributed by atoms with Crippen molar-refractivity contribution in [3.8, 4) is 5.75 Å². The first-order valence-corrected chi connectivity index (χ1v) is 12.5. The van der Waals surface area contributed by atoms with Gasteiger partial charge in [0.05, 0.1) is 11.2 Å². The summed E-state index contributed by atoms with van der Waals surface area (Å²) < 4.78 is 5.53. The third kappa shape index (κ3) is 8.45. The number of hydrogen-bond acceptors (Lipinski definition) is 5. The van der Waals surface area contributed by atoms with Crippen molar-refractivity contribution in [3.63, 3.8) is 0 Å². The molecule has 0 radical (unpaired) electrons. The molecule has 0 unspecified atom stereocenters. The molecule has 0 saturated carbocycles. The smallest absolute Gasteiger partial charge is 0.329 e. The summed E-state index contributed by atoms with van der Waals surface area (Å²) in [6.45, 7) is 8.13. The molecule has 198 valence electrons. The maximum absolute atomic E-state index is 12.3. The van der Waals surface area contributed by atoms with Crippen molar-refractivity contribution in [3.05, 3.63) is 93.5 Å². The number of nitrogens with zero attached hydrogens (tertiary/aromatic N) is 1. The van der Waals surface area contributed by atoms with Crippen LogP contribution in [0, 0.1) is 13.8 Å². The molecule has 0 aliphatic carbocycles. The number of benzene rings is 3. The van der Waals surface area contributed by atoms with Gasteiger partial charge in [-0.1, -0.05) is 67.4 Å². The Morgan fingerprint density at radius 1 is 0.974 bits per heavy atom. The molecule has 38 heavy (non-hydrogen) atoms. The predicted octanol–water partition coefficient (Wildman–Crippen LogP) is 4.86. The molecule has 3 aromatic rings. The summed E-state index contributed by atoms with van der Waals surface area (Å²) in [5, 5.41) is 9.44. The first-order valence-electron chi connectivity index (χ1n) is 12.1. The maximum Gasteiger partial charge on any atom is 0.329 e. The molecule has 3 amide bonds. The van der Waals surface area contributed by atoms with Crippen molar-refractivity contribution in [2.75, 3.05) is 11.9 Å². The van der Waals surface area contributed by atoms with Gasteiger partial charge < -0.3 is 15.4 Å². The topological polar surface area (TPSA) is 109 Å². The zero-order valence-electron chi connectivity index (χ0n) is 21.8. The number of hydrazone groups is 1. The molecule has 0 bridgehead atoms. The van der Waals surface area contributed by atoms with Gasteiger partial charge in [0, 0.05) is 12.2 Å². The van der Waals surface area contributed by atoms with Crippen molar-refractivity contribution in [2.24, 2.45) is 5.10 Å². The molecule has 0 aromatic heterocycles. The Morgan fingerprint density at radius 2 is 1.71 bits per heavy atom. The number of carbonyl (C=O) groups excluding carboxylic acids is 3. The highest BCUT2D eigenvalue weighted by molar-refractivity contribution is 6.35. The maximum atomic E-state index is 12.3. The van der Waals surface area contributed by atoms with Crippen LogP contribution in [0.2, 0.25) is 5.02 Å². The highest BCUT2D eigenvalue weighted by atomic mass is 35.5. The Morgan fingerprint density at radius 3 is 2.37 bits per heavy atom. The number of halogens is 1. The van der Waals surface area contributed by atoms with Gasteiger partial charge in [0.15, 0.2) is 6.61 Å². The highest BCUT2D eigenvalue weighted by Gasteiger charge is 2.12. The minimum atomic E-state index is -0.888. The average molecular weight is 535 g/mol. The van der Waals surface area contributed by atoms with Crippen LogP contribution in [0.5, 0.6) is 5.75 Å². The molecule has 0 spiro atoms. The quantitative estimate of drug-likeness (QED) is 0.207. The molecular formula is C29H31ClN4O4. The van der Waals surface area contributed by atoms with E-state index in [4.69, 9.17) is 16.3 Å². The number of nitrogens with one attached hydrogen (secondary N) is 3. The Bertz CT molecular complexity index is 1340. The van der Waals surface area contributed by atoms with Crippen LogP contribution >= 0.6 is 11.6 Å². The van der Waals surface area contributed by atoms with E-state index in [1.165, 1.54) is 11.8 Å². The number of rotatable bonds is 9. The van der Waals surface area contributed by atoms with Crippen molar-refractivity contribution >= 4 is 41.2 Å². The van der Waals surface area contributed by atoms with E-state index in [2.05, 4.69) is 35.0 Å². The van der Waals surface area contributed by atoms with Crippen LogP contribution in [0.3, 0.4) is 0 Å². The van der Waals surface area contributed by atoms with E-state index in [9.17, 15) is 14.4 Å². The van der Waals surface area contributed by atoms with Gasteiger partial charge in [0.1, 0.15) is 5.75 Å². The molecular weight excluding hydrogens is 504 g/mol. The highest BCUT2D eigenvalue weighted by Crippen LogP contribution is 2.25. The summed E-state index contributed by atoms with van der Waals surface area (Å²) in [5.74, 6) is -1.25. The molecule has 3 aromatic carbocycles. The number of amides is 3. The van der Waals surface area contributed by atoms with Crippen LogP contribution in [0.1, 0.15) is 47.6 Å². The van der Waals surface area contributed by atoms with Gasteiger partial charge in [-0.25, -0.2) is 5.43 Å². The molecule has 0 fully saturated rings. The van der Waals surface area contributed by atoms with Gasteiger partial charge in [0.2, 0.25) is 0 Å². The summed E-state index contributed by atoms with van der Waals surface area (Å²) in [5.41, 5.74) is 7.63. The lowest BCUT2D eigenvalue weighted by molar-refractivity contribution is -0.139. The van der Waals surface area contributed by atoms with Crippen LogP contribution in [0.4, 0.5) is 5.69 Å². The van der Waals surface area contributed by atoms with Gasteiger partial charge in [-0.3, -0.25) is 14.4 Å². The number of ether oxygens (including phenoxy) is 1. The number of hydrogen-bond donors (Lipinski definition) is 3. The van der Waals surface area contributed by atoms with Crippen molar-refractivity contribution < 1.29 is 19.1 Å². The van der Waals surface area contributed by atoms with Crippen molar-refractivity contribution in [1.82, 2.24) is 10.7 Å². The van der Waals surface area contributed by atoms with Gasteiger partial charge in [-0.15, -0.1) is 0 Å². The second kappa shape index (κ2) is 13.4. The third-order valence-electron chi connectivity index (χ3n) is 5.66. The largest absolute Gasteiger partial charge is 0.482 e. The second-order valence-electron chi connectivity index (χ2n) is 9.12. The summed E-state index contributed by atoms with van der Waals surface area (Å²) in [7, 11) is 0. The van der Waals surface area contributed by atoms with Crippen molar-refractivity contribution in [1.29, 1.82) is 0 Å². The van der Waals surface area contributed by atoms with Gasteiger partial charge in [0.25, 0.3) is 5.91 Å². The van der Waals surface area contributed by atoms with Gasteiger partial charge in [-0.2, -0.15) is 5.10 Å². The lowest BCUT2D eigenvalue weighted by Crippen LogP contribution is -2.37. The molecule has 0 aliphatic heterocycles. The van der Waals surface area contributed by atoms with Gasteiger partial charge >= 0.3 is 11.8 Å². The summed E-state index contributed by atoms with van der Waals surface area (Å²) in [6, 6.07) is 18.4. The minimum absolute atomic E-state index is 0.215. The van der Waals surface area contributed by atoms with E-state index in [0.717, 1.165) is 22.4 Å².